The predicted octanol–water partition coefficient (Wildman–Crippen LogP) is 1.38. The molecule has 0 amide bonds. The van der Waals surface area contributed by atoms with Crippen molar-refractivity contribution < 1.29 is 18.2 Å². The third-order valence-electron chi connectivity index (χ3n) is 4.53. The van der Waals surface area contributed by atoms with E-state index in [9.17, 15) is 18.5 Å². The molecule has 0 atom stereocenters. The summed E-state index contributed by atoms with van der Waals surface area (Å²) in [5, 5.41) is 10.9. The van der Waals surface area contributed by atoms with E-state index in [1.807, 2.05) is 12.1 Å². The molecule has 1 saturated heterocycles. The van der Waals surface area contributed by atoms with Crippen LogP contribution in [0.5, 0.6) is 0 Å². The molecule has 0 saturated carbocycles. The molecule has 10 heteroatoms. The molecule has 2 aromatic rings. The lowest BCUT2D eigenvalue weighted by Gasteiger charge is -2.33. The number of quaternary nitrogens is 1. The Kier molecular flexibility index (Phi) is 5.54. The summed E-state index contributed by atoms with van der Waals surface area (Å²) in [5.41, 5.74) is 0.779. The van der Waals surface area contributed by atoms with Gasteiger partial charge in [0.05, 0.1) is 54.4 Å². The third kappa shape index (κ3) is 4.32. The minimum absolute atomic E-state index is 0.112. The number of piperazine rings is 1. The molecule has 8 nitrogen and oxygen atoms in total. The number of hydrogen-bond acceptors (Lipinski definition) is 5. The highest BCUT2D eigenvalue weighted by atomic mass is 35.5. The highest BCUT2D eigenvalue weighted by molar-refractivity contribution is 7.92. The Morgan fingerprint density at radius 2 is 1.85 bits per heavy atom. The molecule has 0 spiro atoms. The number of nitrogens with one attached hydrogen (secondary N) is 2. The SMILES string of the molecule is C[NH+]1CCN(c2ccccc2NS(=O)(=O)c2ccc(Cl)c([N+](=O)[O-])c2)CC1. The maximum absolute atomic E-state index is 12.8. The summed E-state index contributed by atoms with van der Waals surface area (Å²) >= 11 is 5.77. The van der Waals surface area contributed by atoms with E-state index in [-0.39, 0.29) is 9.92 Å². The first-order valence-corrected chi connectivity index (χ1v) is 10.3. The van der Waals surface area contributed by atoms with E-state index < -0.39 is 20.6 Å². The molecule has 1 heterocycles. The Balaban J connectivity index is 1.91. The zero-order valence-corrected chi connectivity index (χ0v) is 16.3. The van der Waals surface area contributed by atoms with E-state index >= 15 is 0 Å². The average Bonchev–Trinajstić information content (AvgIpc) is 2.62. The summed E-state index contributed by atoms with van der Waals surface area (Å²) in [7, 11) is -1.88. The molecule has 0 aliphatic carbocycles. The zero-order chi connectivity index (χ0) is 19.6. The van der Waals surface area contributed by atoms with Crippen molar-refractivity contribution in [3.05, 3.63) is 57.6 Å². The van der Waals surface area contributed by atoms with Crippen LogP contribution < -0.4 is 14.5 Å². The maximum Gasteiger partial charge on any atom is 0.289 e. The summed E-state index contributed by atoms with van der Waals surface area (Å²) < 4.78 is 28.1. The van der Waals surface area contributed by atoms with Gasteiger partial charge in [0.15, 0.2) is 0 Å². The Morgan fingerprint density at radius 3 is 2.52 bits per heavy atom. The molecule has 0 bridgehead atoms. The summed E-state index contributed by atoms with van der Waals surface area (Å²) in [4.78, 5) is 13.7. The molecule has 1 aliphatic heterocycles. The topological polar surface area (TPSA) is 97.0 Å². The molecule has 3 rings (SSSR count). The number of benzene rings is 2. The smallest absolute Gasteiger partial charge is 0.289 e. The van der Waals surface area contributed by atoms with Crippen LogP contribution in [0.15, 0.2) is 47.4 Å². The van der Waals surface area contributed by atoms with Crippen LogP contribution in [0.4, 0.5) is 17.1 Å². The normalized spacial score (nSPS) is 15.6. The van der Waals surface area contributed by atoms with Crippen molar-refractivity contribution in [2.45, 2.75) is 4.90 Å². The maximum atomic E-state index is 12.8. The number of nitro benzene ring substituents is 1. The van der Waals surface area contributed by atoms with Gasteiger partial charge in [-0.05, 0) is 24.3 Å². The largest absolute Gasteiger partial charge is 0.359 e. The van der Waals surface area contributed by atoms with Gasteiger partial charge in [0.25, 0.3) is 15.7 Å². The van der Waals surface area contributed by atoms with E-state index in [1.54, 1.807) is 12.1 Å². The highest BCUT2D eigenvalue weighted by Gasteiger charge is 2.24. The van der Waals surface area contributed by atoms with Crippen LogP contribution in [0, 0.1) is 10.1 Å². The fourth-order valence-corrected chi connectivity index (χ4v) is 4.25. The van der Waals surface area contributed by atoms with Gasteiger partial charge >= 0.3 is 0 Å². The van der Waals surface area contributed by atoms with Crippen molar-refractivity contribution >= 4 is 38.7 Å². The number of halogens is 1. The van der Waals surface area contributed by atoms with Crippen molar-refractivity contribution in [3.8, 4) is 0 Å². The van der Waals surface area contributed by atoms with E-state index in [0.29, 0.717) is 5.69 Å². The fraction of sp³-hybridized carbons (Fsp3) is 0.294. The number of rotatable bonds is 5. The molecule has 2 N–H and O–H groups in total. The monoisotopic (exact) mass is 411 g/mol. The average molecular weight is 412 g/mol. The summed E-state index contributed by atoms with van der Waals surface area (Å²) in [6.45, 7) is 3.56. The van der Waals surface area contributed by atoms with Gasteiger partial charge < -0.3 is 9.80 Å². The number of anilines is 2. The first kappa shape index (κ1) is 19.4. The van der Waals surface area contributed by atoms with Gasteiger partial charge in [-0.15, -0.1) is 0 Å². The van der Waals surface area contributed by atoms with E-state index in [4.69, 9.17) is 11.6 Å². The van der Waals surface area contributed by atoms with Crippen LogP contribution in [0.25, 0.3) is 0 Å². The predicted molar refractivity (Wildman–Crippen MR) is 104 cm³/mol. The summed E-state index contributed by atoms with van der Waals surface area (Å²) in [5.74, 6) is 0. The molecule has 144 valence electrons. The number of para-hydroxylation sites is 2. The first-order valence-electron chi connectivity index (χ1n) is 8.40. The van der Waals surface area contributed by atoms with Crippen molar-refractivity contribution in [1.29, 1.82) is 0 Å². The van der Waals surface area contributed by atoms with Gasteiger partial charge in [-0.25, -0.2) is 8.42 Å². The van der Waals surface area contributed by atoms with E-state index in [2.05, 4.69) is 16.7 Å². The third-order valence-corrected chi connectivity index (χ3v) is 6.21. The first-order chi connectivity index (χ1) is 12.8. The molecule has 0 radical (unpaired) electrons. The van der Waals surface area contributed by atoms with Crippen molar-refractivity contribution in [1.82, 2.24) is 0 Å². The van der Waals surface area contributed by atoms with Gasteiger partial charge in [0.1, 0.15) is 5.02 Å². The number of nitrogens with zero attached hydrogens (tertiary/aromatic N) is 2. The van der Waals surface area contributed by atoms with Crippen LogP contribution in [0.1, 0.15) is 0 Å². The minimum atomic E-state index is -4.00. The van der Waals surface area contributed by atoms with Crippen LogP contribution >= 0.6 is 11.6 Å². The molecule has 1 aliphatic rings. The second-order valence-electron chi connectivity index (χ2n) is 6.44. The molecule has 2 aromatic carbocycles. The van der Waals surface area contributed by atoms with Gasteiger partial charge in [0, 0.05) is 6.07 Å². The Bertz CT molecular complexity index is 959. The minimum Gasteiger partial charge on any atom is -0.359 e. The second kappa shape index (κ2) is 7.71. The van der Waals surface area contributed by atoms with Crippen LogP contribution in [-0.2, 0) is 10.0 Å². The molecule has 1 fully saturated rings. The van der Waals surface area contributed by atoms with Crippen molar-refractivity contribution in [2.24, 2.45) is 0 Å². The number of likely N-dealkylation sites (N-methyl/N-ethyl adjacent to an activating group) is 1. The highest BCUT2D eigenvalue weighted by Crippen LogP contribution is 2.31. The van der Waals surface area contributed by atoms with Crippen molar-refractivity contribution in [2.75, 3.05) is 42.8 Å². The van der Waals surface area contributed by atoms with Gasteiger partial charge in [-0.2, -0.15) is 0 Å². The van der Waals surface area contributed by atoms with Gasteiger partial charge in [-0.1, -0.05) is 23.7 Å². The number of nitro groups is 1. The fourth-order valence-electron chi connectivity index (χ4n) is 2.97. The molecular weight excluding hydrogens is 392 g/mol. The van der Waals surface area contributed by atoms with Crippen LogP contribution in [-0.4, -0.2) is 46.6 Å². The summed E-state index contributed by atoms with van der Waals surface area (Å²) in [6.07, 6.45) is 0. The number of hydrogen-bond donors (Lipinski definition) is 2. The Hall–Kier alpha value is -2.36. The second-order valence-corrected chi connectivity index (χ2v) is 8.53. The summed E-state index contributed by atoms with van der Waals surface area (Å²) in [6, 6.07) is 10.6. The molecule has 27 heavy (non-hydrogen) atoms. The van der Waals surface area contributed by atoms with Crippen LogP contribution in [0.2, 0.25) is 5.02 Å². The lowest BCUT2D eigenvalue weighted by Crippen LogP contribution is -3.12. The lowest BCUT2D eigenvalue weighted by atomic mass is 10.2. The van der Waals surface area contributed by atoms with E-state index in [1.165, 1.54) is 17.0 Å². The lowest BCUT2D eigenvalue weighted by molar-refractivity contribution is -0.880. The Morgan fingerprint density at radius 1 is 1.19 bits per heavy atom. The molecule has 0 unspecified atom stereocenters. The van der Waals surface area contributed by atoms with Crippen LogP contribution in [0.3, 0.4) is 0 Å². The van der Waals surface area contributed by atoms with Gasteiger partial charge in [-0.3, -0.25) is 14.8 Å². The standard InChI is InChI=1S/C17H19ClN4O4S/c1-20-8-10-21(11-9-20)16-5-3-2-4-15(16)19-27(25,26)13-6-7-14(18)17(12-13)22(23)24/h2-7,12,19H,8-11H2,1H3/p+1. The quantitative estimate of drug-likeness (QED) is 0.572. The number of sulfonamides is 1. The Labute approximate surface area is 162 Å². The molecular formula is C17H20ClN4O4S+. The van der Waals surface area contributed by atoms with Gasteiger partial charge in [0.2, 0.25) is 0 Å². The zero-order valence-electron chi connectivity index (χ0n) is 14.7. The molecule has 0 aromatic heterocycles. The van der Waals surface area contributed by atoms with Crippen molar-refractivity contribution in [3.63, 3.8) is 0 Å². The van der Waals surface area contributed by atoms with E-state index in [0.717, 1.165) is 37.9 Å².